The summed E-state index contributed by atoms with van der Waals surface area (Å²) < 4.78 is 0.0747. The van der Waals surface area contributed by atoms with E-state index in [1.165, 1.54) is 0 Å². The number of rotatable bonds is 6. The normalized spacial score (nSPS) is 11.2. The number of oxime groups is 1. The van der Waals surface area contributed by atoms with E-state index in [1.807, 2.05) is 0 Å². The Morgan fingerprint density at radius 1 is 1.58 bits per heavy atom. The van der Waals surface area contributed by atoms with Crippen LogP contribution >= 0.6 is 34.5 Å². The van der Waals surface area contributed by atoms with Crippen LogP contribution in [0.3, 0.4) is 0 Å². The Labute approximate surface area is 122 Å². The number of halogens is 2. The van der Waals surface area contributed by atoms with E-state index in [1.54, 1.807) is 6.92 Å². The number of amides is 1. The van der Waals surface area contributed by atoms with Crippen molar-refractivity contribution in [3.05, 3.63) is 10.0 Å². The maximum atomic E-state index is 11.1. The number of nitrogens with one attached hydrogen (secondary N) is 1. The van der Waals surface area contributed by atoms with Crippen LogP contribution in [0.5, 0.6) is 0 Å². The third-order valence-corrected chi connectivity index (χ3v) is 3.08. The number of carbonyl (C=O) groups is 2. The van der Waals surface area contributed by atoms with E-state index in [4.69, 9.17) is 28.3 Å². The molecular weight excluding hydrogens is 317 g/mol. The van der Waals surface area contributed by atoms with Crippen molar-refractivity contribution in [1.82, 2.24) is 4.98 Å². The molecule has 10 heteroatoms. The number of aromatic nitrogens is 1. The first-order chi connectivity index (χ1) is 8.99. The van der Waals surface area contributed by atoms with Crippen molar-refractivity contribution in [2.24, 2.45) is 5.16 Å². The van der Waals surface area contributed by atoms with Crippen molar-refractivity contribution >= 4 is 57.3 Å². The van der Waals surface area contributed by atoms with Gasteiger partial charge in [-0.05, 0) is 6.92 Å². The number of hydrogen-bond acceptors (Lipinski definition) is 6. The minimum Gasteiger partial charge on any atom is -0.476 e. The number of carbonyl (C=O) groups excluding carboxylic acids is 1. The van der Waals surface area contributed by atoms with Gasteiger partial charge in [-0.3, -0.25) is 4.79 Å². The fourth-order valence-electron chi connectivity index (χ4n) is 0.966. The smallest absolute Gasteiger partial charge is 0.360 e. The van der Waals surface area contributed by atoms with Crippen molar-refractivity contribution in [2.75, 3.05) is 17.8 Å². The Bertz CT molecular complexity index is 518. The van der Waals surface area contributed by atoms with Gasteiger partial charge in [0.2, 0.25) is 11.6 Å². The average molecular weight is 326 g/mol. The largest absolute Gasteiger partial charge is 0.476 e. The fraction of sp³-hybridized carbons (Fsp3) is 0.333. The molecule has 0 fully saturated rings. The first kappa shape index (κ1) is 15.7. The van der Waals surface area contributed by atoms with Gasteiger partial charge in [0.05, 0.1) is 0 Å². The first-order valence-corrected chi connectivity index (χ1v) is 6.68. The Morgan fingerprint density at radius 3 is 2.79 bits per heavy atom. The number of carboxylic acids is 1. The molecule has 0 saturated carbocycles. The van der Waals surface area contributed by atoms with Crippen LogP contribution in [0.1, 0.15) is 12.6 Å². The molecule has 0 aliphatic carbocycles. The maximum absolute atomic E-state index is 11.1. The van der Waals surface area contributed by atoms with Gasteiger partial charge in [-0.2, -0.15) is 0 Å². The van der Waals surface area contributed by atoms with Crippen LogP contribution in [0.2, 0.25) is 4.34 Å². The van der Waals surface area contributed by atoms with Crippen LogP contribution in [0.25, 0.3) is 0 Å². The quantitative estimate of drug-likeness (QED) is 0.471. The minimum absolute atomic E-state index is 0.0718. The number of nitrogens with zero attached hydrogens (tertiary/aromatic N) is 2. The lowest BCUT2D eigenvalue weighted by molar-refractivity contribution is -0.129. The highest BCUT2D eigenvalue weighted by Gasteiger charge is 2.22. The lowest BCUT2D eigenvalue weighted by Gasteiger charge is -1.98. The first-order valence-electron chi connectivity index (χ1n) is 4.95. The zero-order valence-electron chi connectivity index (χ0n) is 9.64. The van der Waals surface area contributed by atoms with E-state index in [9.17, 15) is 9.59 Å². The summed E-state index contributed by atoms with van der Waals surface area (Å²) in [7, 11) is 0. The third kappa shape index (κ3) is 4.34. The van der Waals surface area contributed by atoms with Crippen molar-refractivity contribution in [3.8, 4) is 0 Å². The Balaban J connectivity index is 3.05. The van der Waals surface area contributed by atoms with Crippen molar-refractivity contribution in [1.29, 1.82) is 0 Å². The van der Waals surface area contributed by atoms with E-state index in [-0.39, 0.29) is 27.6 Å². The summed E-state index contributed by atoms with van der Waals surface area (Å²) in [5.74, 6) is -2.06. The van der Waals surface area contributed by atoms with Crippen LogP contribution in [-0.2, 0) is 14.4 Å². The van der Waals surface area contributed by atoms with Crippen molar-refractivity contribution < 1.29 is 19.5 Å². The van der Waals surface area contributed by atoms with Gasteiger partial charge in [0, 0.05) is 0 Å². The molecule has 0 saturated heterocycles. The molecule has 2 N–H and O–H groups in total. The maximum Gasteiger partial charge on any atom is 0.360 e. The van der Waals surface area contributed by atoms with Gasteiger partial charge in [0.25, 0.3) is 0 Å². The second kappa shape index (κ2) is 7.27. The van der Waals surface area contributed by atoms with Crippen LogP contribution in [0.15, 0.2) is 5.16 Å². The molecule has 1 aromatic heterocycles. The van der Waals surface area contributed by atoms with E-state index >= 15 is 0 Å². The zero-order valence-corrected chi connectivity index (χ0v) is 12.0. The number of anilines is 1. The number of carboxylic acid groups (broad SMARTS) is 1. The molecule has 1 rings (SSSR count). The highest BCUT2D eigenvalue weighted by molar-refractivity contribution is 7.20. The van der Waals surface area contributed by atoms with Crippen LogP contribution < -0.4 is 5.32 Å². The van der Waals surface area contributed by atoms with Gasteiger partial charge in [-0.1, -0.05) is 28.1 Å². The van der Waals surface area contributed by atoms with Gasteiger partial charge in [-0.25, -0.2) is 9.78 Å². The molecular formula is C9H9Cl2N3O4S. The van der Waals surface area contributed by atoms with E-state index in [0.717, 1.165) is 11.3 Å². The molecule has 1 heterocycles. The molecule has 0 aliphatic heterocycles. The number of aliphatic carboxylic acids is 1. The van der Waals surface area contributed by atoms with Crippen LogP contribution in [0.4, 0.5) is 5.13 Å². The fourth-order valence-corrected chi connectivity index (χ4v) is 2.09. The topological polar surface area (TPSA) is 101 Å². The molecule has 0 aromatic carbocycles. The van der Waals surface area contributed by atoms with E-state index < -0.39 is 17.6 Å². The van der Waals surface area contributed by atoms with Gasteiger partial charge in [-0.15, -0.1) is 11.6 Å². The summed E-state index contributed by atoms with van der Waals surface area (Å²) in [5.41, 5.74) is -0.507. The molecule has 0 radical (unpaired) electrons. The van der Waals surface area contributed by atoms with Crippen LogP contribution in [0, 0.1) is 0 Å². The second-order valence-corrected chi connectivity index (χ2v) is 4.85. The molecule has 0 atom stereocenters. The summed E-state index contributed by atoms with van der Waals surface area (Å²) in [4.78, 5) is 30.7. The lowest BCUT2D eigenvalue weighted by atomic mass is 10.3. The molecule has 0 unspecified atom stereocenters. The van der Waals surface area contributed by atoms with Crippen molar-refractivity contribution in [3.63, 3.8) is 0 Å². The Hall–Kier alpha value is -1.38. The monoisotopic (exact) mass is 325 g/mol. The Morgan fingerprint density at radius 2 is 2.26 bits per heavy atom. The number of hydrogen-bond donors (Lipinski definition) is 2. The van der Waals surface area contributed by atoms with Crippen LogP contribution in [-0.4, -0.2) is 40.2 Å². The molecule has 1 amide bonds. The van der Waals surface area contributed by atoms with Gasteiger partial charge in [0.1, 0.15) is 22.5 Å². The number of alkyl halides is 1. The predicted octanol–water partition coefficient (Wildman–Crippen LogP) is 1.80. The van der Waals surface area contributed by atoms with Gasteiger partial charge >= 0.3 is 5.97 Å². The molecule has 0 aliphatic rings. The zero-order chi connectivity index (χ0) is 14.4. The molecule has 104 valence electrons. The van der Waals surface area contributed by atoms with Crippen molar-refractivity contribution in [2.45, 2.75) is 6.92 Å². The molecule has 0 spiro atoms. The summed E-state index contributed by atoms with van der Waals surface area (Å²) in [5, 5.41) is 14.9. The summed E-state index contributed by atoms with van der Waals surface area (Å²) in [6.45, 7) is 1.85. The molecule has 1 aromatic rings. The minimum atomic E-state index is -1.34. The van der Waals surface area contributed by atoms with Gasteiger partial charge in [0.15, 0.2) is 5.13 Å². The molecule has 0 bridgehead atoms. The molecule has 19 heavy (non-hydrogen) atoms. The second-order valence-electron chi connectivity index (χ2n) is 2.99. The summed E-state index contributed by atoms with van der Waals surface area (Å²) in [6.07, 6.45) is 0. The average Bonchev–Trinajstić information content (AvgIpc) is 2.70. The van der Waals surface area contributed by atoms with E-state index in [0.29, 0.717) is 0 Å². The standard InChI is InChI=1S/C9H9Cl2N3O4S/c1-2-18-14-6(8(16)17)5-7(11)19-9(13-5)12-4(15)3-10/h2-3H2,1H3,(H,16,17)(H,12,13,15). The highest BCUT2D eigenvalue weighted by Crippen LogP contribution is 2.28. The van der Waals surface area contributed by atoms with E-state index in [2.05, 4.69) is 20.3 Å². The third-order valence-electron chi connectivity index (χ3n) is 1.67. The highest BCUT2D eigenvalue weighted by atomic mass is 35.5. The predicted molar refractivity (Wildman–Crippen MR) is 72.3 cm³/mol. The molecule has 7 nitrogen and oxygen atoms in total. The SMILES string of the molecule is CCON=C(C(=O)O)c1nc(NC(=O)CCl)sc1Cl. The summed E-state index contributed by atoms with van der Waals surface area (Å²) >= 11 is 12.1. The van der Waals surface area contributed by atoms with Gasteiger partial charge < -0.3 is 15.3 Å². The summed E-state index contributed by atoms with van der Waals surface area (Å²) in [6, 6.07) is 0. The lowest BCUT2D eigenvalue weighted by Crippen LogP contribution is -2.17. The Kier molecular flexibility index (Phi) is 6.00. The number of thiazole rings is 1.